The van der Waals surface area contributed by atoms with Crippen LogP contribution in [0.5, 0.6) is 0 Å². The number of hydrogen-bond acceptors (Lipinski definition) is 4. The van der Waals surface area contributed by atoms with E-state index >= 15 is 0 Å². The predicted octanol–water partition coefficient (Wildman–Crippen LogP) is 4.64. The van der Waals surface area contributed by atoms with Gasteiger partial charge < -0.3 is 15.6 Å². The van der Waals surface area contributed by atoms with Crippen molar-refractivity contribution >= 4 is 11.3 Å². The fourth-order valence-corrected chi connectivity index (χ4v) is 3.67. The highest BCUT2D eigenvalue weighted by molar-refractivity contribution is 7.10. The van der Waals surface area contributed by atoms with Crippen molar-refractivity contribution < 1.29 is 9.84 Å². The molecule has 0 aliphatic rings. The highest BCUT2D eigenvalue weighted by atomic mass is 32.1. The van der Waals surface area contributed by atoms with Crippen LogP contribution in [0.4, 0.5) is 0 Å². The van der Waals surface area contributed by atoms with Crippen molar-refractivity contribution in [1.82, 2.24) is 0 Å². The fourth-order valence-electron chi connectivity index (χ4n) is 2.68. The van der Waals surface area contributed by atoms with Crippen LogP contribution in [-0.4, -0.2) is 24.9 Å². The van der Waals surface area contributed by atoms with Crippen molar-refractivity contribution in [2.75, 3.05) is 13.7 Å². The van der Waals surface area contributed by atoms with E-state index in [0.29, 0.717) is 0 Å². The molecule has 0 aliphatic carbocycles. The first-order chi connectivity index (χ1) is 11.7. The number of ether oxygens (including phenoxy) is 1. The third-order valence-corrected chi connectivity index (χ3v) is 5.14. The number of nitrogens with two attached hydrogens (primary N) is 1. The second kappa shape index (κ2) is 13.4. The quantitative estimate of drug-likeness (QED) is 0.426. The average Bonchev–Trinajstić information content (AvgIpc) is 3.05. The molecule has 3 N–H and O–H groups in total. The molecule has 0 fully saturated rings. The molecular formula is C20H33NO2S. The van der Waals surface area contributed by atoms with Crippen molar-refractivity contribution in [2.45, 2.75) is 76.9 Å². The molecule has 3 nitrogen and oxygen atoms in total. The predicted molar refractivity (Wildman–Crippen MR) is 103 cm³/mol. The monoisotopic (exact) mass is 351 g/mol. The zero-order valence-corrected chi connectivity index (χ0v) is 16.0. The molecule has 0 spiro atoms. The maximum absolute atomic E-state index is 9.18. The summed E-state index contributed by atoms with van der Waals surface area (Å²) in [7, 11) is 1.62. The SMILES string of the molecule is CCCCCCCCCCC#Cc1csc(C(OC)C(N)CO)c1. The van der Waals surface area contributed by atoms with E-state index in [4.69, 9.17) is 10.5 Å². The Labute approximate surface area is 151 Å². The van der Waals surface area contributed by atoms with Gasteiger partial charge in [0.2, 0.25) is 0 Å². The van der Waals surface area contributed by atoms with Crippen LogP contribution in [0.1, 0.15) is 81.3 Å². The van der Waals surface area contributed by atoms with Gasteiger partial charge in [-0.05, 0) is 12.5 Å². The van der Waals surface area contributed by atoms with Gasteiger partial charge in [-0.15, -0.1) is 11.3 Å². The Hall–Kier alpha value is -0.860. The molecule has 1 aromatic rings. The molecule has 0 aromatic carbocycles. The van der Waals surface area contributed by atoms with Gasteiger partial charge in [0.1, 0.15) is 6.10 Å². The molecule has 0 saturated heterocycles. The number of thiophene rings is 1. The number of aliphatic hydroxyl groups excluding tert-OH is 1. The van der Waals surface area contributed by atoms with Crippen LogP contribution in [-0.2, 0) is 4.74 Å². The van der Waals surface area contributed by atoms with Crippen molar-refractivity contribution in [3.05, 3.63) is 21.9 Å². The summed E-state index contributed by atoms with van der Waals surface area (Å²) in [5.74, 6) is 6.48. The van der Waals surface area contributed by atoms with E-state index in [2.05, 4.69) is 18.8 Å². The lowest BCUT2D eigenvalue weighted by Crippen LogP contribution is -2.32. The zero-order chi connectivity index (χ0) is 17.6. The van der Waals surface area contributed by atoms with Gasteiger partial charge in [-0.2, -0.15) is 0 Å². The highest BCUT2D eigenvalue weighted by Gasteiger charge is 2.20. The number of methoxy groups -OCH3 is 1. The molecule has 1 heterocycles. The molecule has 0 aliphatic heterocycles. The summed E-state index contributed by atoms with van der Waals surface area (Å²) in [5.41, 5.74) is 6.89. The number of aliphatic hydroxyl groups is 1. The summed E-state index contributed by atoms with van der Waals surface area (Å²) in [4.78, 5) is 1.02. The Balaban J connectivity index is 2.25. The summed E-state index contributed by atoms with van der Waals surface area (Å²) >= 11 is 1.59. The summed E-state index contributed by atoms with van der Waals surface area (Å²) in [6.07, 6.45) is 11.3. The zero-order valence-electron chi connectivity index (χ0n) is 15.2. The van der Waals surface area contributed by atoms with Crippen LogP contribution in [0.2, 0.25) is 0 Å². The van der Waals surface area contributed by atoms with E-state index in [1.54, 1.807) is 18.4 Å². The lowest BCUT2D eigenvalue weighted by Gasteiger charge is -2.19. The molecule has 136 valence electrons. The van der Waals surface area contributed by atoms with Gasteiger partial charge >= 0.3 is 0 Å². The minimum absolute atomic E-state index is 0.0874. The molecular weight excluding hydrogens is 318 g/mol. The number of unbranched alkanes of at least 4 members (excludes halogenated alkanes) is 8. The second-order valence-electron chi connectivity index (χ2n) is 6.27. The Kier molecular flexibility index (Phi) is 11.9. The summed E-state index contributed by atoms with van der Waals surface area (Å²) < 4.78 is 5.38. The van der Waals surface area contributed by atoms with Crippen LogP contribution >= 0.6 is 11.3 Å². The summed E-state index contributed by atoms with van der Waals surface area (Å²) in [6, 6.07) is 1.63. The van der Waals surface area contributed by atoms with Gasteiger partial charge in [-0.3, -0.25) is 0 Å². The molecule has 2 unspecified atom stereocenters. The van der Waals surface area contributed by atoms with Crippen molar-refractivity contribution in [3.63, 3.8) is 0 Å². The molecule has 0 amide bonds. The molecule has 0 saturated carbocycles. The van der Waals surface area contributed by atoms with Crippen molar-refractivity contribution in [3.8, 4) is 11.8 Å². The Morgan fingerprint density at radius 3 is 2.46 bits per heavy atom. The Morgan fingerprint density at radius 1 is 1.17 bits per heavy atom. The minimum Gasteiger partial charge on any atom is -0.395 e. The van der Waals surface area contributed by atoms with Gasteiger partial charge in [0.25, 0.3) is 0 Å². The first kappa shape index (κ1) is 21.2. The fraction of sp³-hybridized carbons (Fsp3) is 0.700. The second-order valence-corrected chi connectivity index (χ2v) is 7.21. The molecule has 2 atom stereocenters. The third-order valence-electron chi connectivity index (χ3n) is 4.14. The first-order valence-electron chi connectivity index (χ1n) is 9.19. The van der Waals surface area contributed by atoms with E-state index in [-0.39, 0.29) is 12.7 Å². The van der Waals surface area contributed by atoms with E-state index in [1.807, 2.05) is 11.4 Å². The largest absolute Gasteiger partial charge is 0.395 e. The molecule has 0 radical (unpaired) electrons. The van der Waals surface area contributed by atoms with Gasteiger partial charge in [0, 0.05) is 29.4 Å². The lowest BCUT2D eigenvalue weighted by molar-refractivity contribution is 0.0615. The van der Waals surface area contributed by atoms with Crippen molar-refractivity contribution in [1.29, 1.82) is 0 Å². The number of rotatable bonds is 12. The smallest absolute Gasteiger partial charge is 0.109 e. The van der Waals surface area contributed by atoms with E-state index in [0.717, 1.165) is 16.9 Å². The van der Waals surface area contributed by atoms with Crippen LogP contribution in [0, 0.1) is 11.8 Å². The summed E-state index contributed by atoms with van der Waals surface area (Å²) in [5, 5.41) is 11.2. The average molecular weight is 352 g/mol. The van der Waals surface area contributed by atoms with E-state index in [1.165, 1.54) is 51.4 Å². The van der Waals surface area contributed by atoms with Crippen LogP contribution in [0.15, 0.2) is 11.4 Å². The maximum atomic E-state index is 9.18. The first-order valence-corrected chi connectivity index (χ1v) is 10.1. The van der Waals surface area contributed by atoms with E-state index in [9.17, 15) is 5.11 Å². The van der Waals surface area contributed by atoms with Crippen LogP contribution in [0.3, 0.4) is 0 Å². The Morgan fingerprint density at radius 2 is 1.83 bits per heavy atom. The minimum atomic E-state index is -0.396. The van der Waals surface area contributed by atoms with Crippen molar-refractivity contribution in [2.24, 2.45) is 5.73 Å². The van der Waals surface area contributed by atoms with Gasteiger partial charge in [0.15, 0.2) is 0 Å². The Bertz CT molecular complexity index is 489. The topological polar surface area (TPSA) is 55.5 Å². The van der Waals surface area contributed by atoms with Crippen LogP contribution in [0.25, 0.3) is 0 Å². The molecule has 0 bridgehead atoms. The molecule has 24 heavy (non-hydrogen) atoms. The molecule has 1 rings (SSSR count). The third kappa shape index (κ3) is 8.30. The highest BCUT2D eigenvalue weighted by Crippen LogP contribution is 2.26. The normalized spacial score (nSPS) is 13.3. The summed E-state index contributed by atoms with van der Waals surface area (Å²) in [6.45, 7) is 2.17. The maximum Gasteiger partial charge on any atom is 0.109 e. The molecule has 1 aromatic heterocycles. The standard InChI is InChI=1S/C20H33NO2S/c1-3-4-5-6-7-8-9-10-11-12-13-17-14-19(24-16-17)20(23-2)18(21)15-22/h14,16,18,20,22H,3-11,15,21H2,1-2H3. The molecule has 4 heteroatoms. The van der Waals surface area contributed by atoms with Gasteiger partial charge in [0.05, 0.1) is 12.6 Å². The van der Waals surface area contributed by atoms with Gasteiger partial charge in [-0.1, -0.05) is 63.7 Å². The lowest BCUT2D eigenvalue weighted by atomic mass is 10.1. The number of hydrogen-bond donors (Lipinski definition) is 2. The van der Waals surface area contributed by atoms with Crippen LogP contribution < -0.4 is 5.73 Å². The van der Waals surface area contributed by atoms with Gasteiger partial charge in [-0.25, -0.2) is 0 Å². The van der Waals surface area contributed by atoms with E-state index < -0.39 is 6.04 Å².